The number of rotatable bonds is 7. The van der Waals surface area contributed by atoms with E-state index in [4.69, 9.17) is 0 Å². The van der Waals surface area contributed by atoms with Gasteiger partial charge in [-0.2, -0.15) is 0 Å². The van der Waals surface area contributed by atoms with Crippen LogP contribution in [0.15, 0.2) is 0 Å². The maximum atomic E-state index is 9.45. The maximum absolute atomic E-state index is 9.45. The van der Waals surface area contributed by atoms with E-state index in [0.717, 1.165) is 39.1 Å². The molecule has 2 atom stereocenters. The Morgan fingerprint density at radius 2 is 2.06 bits per heavy atom. The summed E-state index contributed by atoms with van der Waals surface area (Å²) >= 11 is 0. The van der Waals surface area contributed by atoms with Gasteiger partial charge in [-0.05, 0) is 46.6 Å². The predicted octanol–water partition coefficient (Wildman–Crippen LogP) is -0.0172. The molecule has 0 aromatic rings. The van der Waals surface area contributed by atoms with E-state index in [1.54, 1.807) is 0 Å². The van der Waals surface area contributed by atoms with Crippen LogP contribution >= 0.6 is 0 Å². The highest BCUT2D eigenvalue weighted by Gasteiger charge is 2.23. The van der Waals surface area contributed by atoms with Gasteiger partial charge in [-0.25, -0.2) is 0 Å². The average Bonchev–Trinajstić information content (AvgIpc) is 2.62. The molecule has 1 rings (SSSR count). The molecule has 0 aromatic heterocycles. The first-order valence-corrected chi connectivity index (χ1v) is 6.40. The number of nitrogens with zero attached hydrogens (tertiary/aromatic N) is 2. The van der Waals surface area contributed by atoms with Gasteiger partial charge in [0.1, 0.15) is 0 Å². The summed E-state index contributed by atoms with van der Waals surface area (Å²) in [4.78, 5) is 4.70. The molecule has 0 aromatic carbocycles. The predicted molar refractivity (Wildman–Crippen MR) is 67.7 cm³/mol. The molecule has 1 aliphatic heterocycles. The summed E-state index contributed by atoms with van der Waals surface area (Å²) in [6.45, 7) is 7.45. The van der Waals surface area contributed by atoms with E-state index in [0.29, 0.717) is 6.04 Å². The monoisotopic (exact) mass is 229 g/mol. The molecule has 2 unspecified atom stereocenters. The van der Waals surface area contributed by atoms with Gasteiger partial charge in [-0.1, -0.05) is 6.92 Å². The minimum Gasteiger partial charge on any atom is -0.392 e. The molecule has 0 saturated carbocycles. The first-order valence-electron chi connectivity index (χ1n) is 6.40. The standard InChI is InChI=1S/C12H27N3O/c1-4-15(7-5-6-14(2)3)10-11-8-12(16)9-13-11/h11-13,16H,4-10H2,1-3H3. The molecule has 4 heteroatoms. The lowest BCUT2D eigenvalue weighted by atomic mass is 10.2. The normalized spacial score (nSPS) is 25.9. The van der Waals surface area contributed by atoms with Crippen LogP contribution < -0.4 is 5.32 Å². The lowest BCUT2D eigenvalue weighted by Gasteiger charge is -2.24. The third-order valence-electron chi connectivity index (χ3n) is 3.20. The lowest BCUT2D eigenvalue weighted by molar-refractivity contribution is 0.186. The SMILES string of the molecule is CCN(CCCN(C)C)CC1CC(O)CN1. The molecule has 0 radical (unpaired) electrons. The van der Waals surface area contributed by atoms with E-state index < -0.39 is 0 Å². The van der Waals surface area contributed by atoms with Crippen LogP contribution in [0.4, 0.5) is 0 Å². The third kappa shape index (κ3) is 5.25. The summed E-state index contributed by atoms with van der Waals surface area (Å²) in [6, 6.07) is 0.481. The highest BCUT2D eigenvalue weighted by Crippen LogP contribution is 2.08. The number of aliphatic hydroxyl groups excluding tert-OH is 1. The molecule has 16 heavy (non-hydrogen) atoms. The summed E-state index contributed by atoms with van der Waals surface area (Å²) in [5, 5.41) is 12.8. The highest BCUT2D eigenvalue weighted by molar-refractivity contribution is 4.83. The van der Waals surface area contributed by atoms with Gasteiger partial charge in [0.2, 0.25) is 0 Å². The zero-order valence-corrected chi connectivity index (χ0v) is 10.9. The van der Waals surface area contributed by atoms with Gasteiger partial charge in [0.15, 0.2) is 0 Å². The molecular weight excluding hydrogens is 202 g/mol. The molecule has 0 aliphatic carbocycles. The Bertz CT molecular complexity index is 187. The molecule has 1 aliphatic rings. The fraction of sp³-hybridized carbons (Fsp3) is 1.00. The van der Waals surface area contributed by atoms with Gasteiger partial charge in [-0.15, -0.1) is 0 Å². The molecule has 4 nitrogen and oxygen atoms in total. The average molecular weight is 229 g/mol. The van der Waals surface area contributed by atoms with Crippen molar-refractivity contribution in [2.24, 2.45) is 0 Å². The Morgan fingerprint density at radius 1 is 1.31 bits per heavy atom. The van der Waals surface area contributed by atoms with Crippen LogP contribution in [0.2, 0.25) is 0 Å². The molecule has 1 fully saturated rings. The Hall–Kier alpha value is -0.160. The Morgan fingerprint density at radius 3 is 2.56 bits per heavy atom. The van der Waals surface area contributed by atoms with Gasteiger partial charge in [0, 0.05) is 19.1 Å². The topological polar surface area (TPSA) is 38.7 Å². The zero-order valence-electron chi connectivity index (χ0n) is 10.9. The van der Waals surface area contributed by atoms with Crippen LogP contribution in [0.3, 0.4) is 0 Å². The van der Waals surface area contributed by atoms with E-state index in [9.17, 15) is 5.11 Å². The highest BCUT2D eigenvalue weighted by atomic mass is 16.3. The number of hydrogen-bond acceptors (Lipinski definition) is 4. The van der Waals surface area contributed by atoms with Crippen LogP contribution in [-0.4, -0.2) is 73.9 Å². The molecule has 0 spiro atoms. The van der Waals surface area contributed by atoms with Crippen LogP contribution in [0.1, 0.15) is 19.8 Å². The molecule has 0 amide bonds. The summed E-state index contributed by atoms with van der Waals surface area (Å²) in [6.07, 6.45) is 1.99. The van der Waals surface area contributed by atoms with Gasteiger partial charge in [0.05, 0.1) is 6.10 Å². The van der Waals surface area contributed by atoms with Crippen molar-refractivity contribution >= 4 is 0 Å². The van der Waals surface area contributed by atoms with Crippen molar-refractivity contribution in [1.29, 1.82) is 0 Å². The minimum atomic E-state index is -0.134. The van der Waals surface area contributed by atoms with Crippen LogP contribution in [0, 0.1) is 0 Å². The van der Waals surface area contributed by atoms with E-state index in [-0.39, 0.29) is 6.10 Å². The summed E-state index contributed by atoms with van der Waals surface area (Å²) in [5.41, 5.74) is 0. The molecule has 0 bridgehead atoms. The molecule has 96 valence electrons. The summed E-state index contributed by atoms with van der Waals surface area (Å²) in [7, 11) is 4.23. The fourth-order valence-electron chi connectivity index (χ4n) is 2.24. The maximum Gasteiger partial charge on any atom is 0.0680 e. The van der Waals surface area contributed by atoms with Crippen molar-refractivity contribution < 1.29 is 5.11 Å². The molecular formula is C12H27N3O. The summed E-state index contributed by atoms with van der Waals surface area (Å²) in [5.74, 6) is 0. The fourth-order valence-corrected chi connectivity index (χ4v) is 2.24. The van der Waals surface area contributed by atoms with Crippen LogP contribution in [-0.2, 0) is 0 Å². The van der Waals surface area contributed by atoms with Gasteiger partial charge in [-0.3, -0.25) is 0 Å². The van der Waals surface area contributed by atoms with Crippen molar-refractivity contribution in [1.82, 2.24) is 15.1 Å². The third-order valence-corrected chi connectivity index (χ3v) is 3.20. The second-order valence-corrected chi connectivity index (χ2v) is 5.04. The second-order valence-electron chi connectivity index (χ2n) is 5.04. The van der Waals surface area contributed by atoms with E-state index >= 15 is 0 Å². The van der Waals surface area contributed by atoms with E-state index in [2.05, 4.69) is 36.1 Å². The van der Waals surface area contributed by atoms with E-state index in [1.165, 1.54) is 6.42 Å². The van der Waals surface area contributed by atoms with Gasteiger partial charge >= 0.3 is 0 Å². The quantitative estimate of drug-likeness (QED) is 0.644. The van der Waals surface area contributed by atoms with Crippen molar-refractivity contribution in [2.75, 3.05) is 46.8 Å². The van der Waals surface area contributed by atoms with Gasteiger partial charge < -0.3 is 20.2 Å². The summed E-state index contributed by atoms with van der Waals surface area (Å²) < 4.78 is 0. The second kappa shape index (κ2) is 7.22. The molecule has 1 heterocycles. The smallest absolute Gasteiger partial charge is 0.0680 e. The number of aliphatic hydroxyl groups is 1. The Kier molecular flexibility index (Phi) is 6.28. The number of nitrogens with one attached hydrogen (secondary N) is 1. The number of likely N-dealkylation sites (N-methyl/N-ethyl adjacent to an activating group) is 1. The first-order chi connectivity index (χ1) is 7.61. The largest absolute Gasteiger partial charge is 0.392 e. The first kappa shape index (κ1) is 13.9. The van der Waals surface area contributed by atoms with Crippen LogP contribution in [0.25, 0.3) is 0 Å². The van der Waals surface area contributed by atoms with Crippen LogP contribution in [0.5, 0.6) is 0 Å². The van der Waals surface area contributed by atoms with Gasteiger partial charge in [0.25, 0.3) is 0 Å². The Balaban J connectivity index is 2.16. The zero-order chi connectivity index (χ0) is 12.0. The number of β-amino-alcohol motifs (C(OH)–C–C–N with tert-alkyl or cyclic N) is 1. The Labute approximate surface area is 99.6 Å². The van der Waals surface area contributed by atoms with Crippen molar-refractivity contribution in [3.8, 4) is 0 Å². The van der Waals surface area contributed by atoms with E-state index in [1.807, 2.05) is 0 Å². The van der Waals surface area contributed by atoms with Crippen molar-refractivity contribution in [3.63, 3.8) is 0 Å². The molecule has 2 N–H and O–H groups in total. The van der Waals surface area contributed by atoms with Crippen molar-refractivity contribution in [3.05, 3.63) is 0 Å². The molecule has 1 saturated heterocycles. The van der Waals surface area contributed by atoms with Crippen molar-refractivity contribution in [2.45, 2.75) is 31.9 Å². The number of hydrogen-bond donors (Lipinski definition) is 2. The lowest BCUT2D eigenvalue weighted by Crippen LogP contribution is -2.38. The minimum absolute atomic E-state index is 0.134.